The molecule has 2 aliphatic heterocycles. The Bertz CT molecular complexity index is 1140. The van der Waals surface area contributed by atoms with Crippen molar-refractivity contribution in [3.8, 4) is 11.5 Å². The van der Waals surface area contributed by atoms with E-state index in [0.29, 0.717) is 30.1 Å². The van der Waals surface area contributed by atoms with Crippen molar-refractivity contribution in [3.05, 3.63) is 59.2 Å². The first-order chi connectivity index (χ1) is 16.2. The van der Waals surface area contributed by atoms with Gasteiger partial charge in [0, 0.05) is 18.7 Å². The number of nitrogens with zero attached hydrogens (tertiary/aromatic N) is 3. The number of hydrogen-bond donors (Lipinski definition) is 0. The van der Waals surface area contributed by atoms with Crippen LogP contribution in [0.1, 0.15) is 42.6 Å². The molecule has 0 N–H and O–H groups in total. The second kappa shape index (κ2) is 9.04. The zero-order chi connectivity index (χ0) is 24.6. The molecule has 34 heavy (non-hydrogen) atoms. The molecule has 0 bridgehead atoms. The summed E-state index contributed by atoms with van der Waals surface area (Å²) in [5.74, 6) is -1.47. The predicted molar refractivity (Wildman–Crippen MR) is 122 cm³/mol. The molecule has 0 aromatic heterocycles. The molecule has 2 aromatic carbocycles. The molecule has 0 spiro atoms. The Morgan fingerprint density at radius 1 is 1.03 bits per heavy atom. The summed E-state index contributed by atoms with van der Waals surface area (Å²) in [4.78, 5) is 27.4. The number of methoxy groups -OCH3 is 2. The predicted octanol–water partition coefficient (Wildman–Crippen LogP) is 3.86. The van der Waals surface area contributed by atoms with Gasteiger partial charge in [0.05, 0.1) is 31.4 Å². The molecule has 0 aliphatic carbocycles. The van der Waals surface area contributed by atoms with E-state index in [9.17, 15) is 18.4 Å². The molecular formula is C25H27F2N3O4. The van der Waals surface area contributed by atoms with Crippen molar-refractivity contribution in [2.45, 2.75) is 32.7 Å². The highest BCUT2D eigenvalue weighted by Crippen LogP contribution is 2.37. The number of hydrogen-bond acceptors (Lipinski definition) is 5. The number of hydrazone groups is 1. The van der Waals surface area contributed by atoms with Crippen LogP contribution in [0.5, 0.6) is 11.5 Å². The number of benzene rings is 2. The maximum Gasteiger partial charge on any atom is 0.259 e. The molecule has 1 saturated heterocycles. The molecule has 9 heteroatoms. The summed E-state index contributed by atoms with van der Waals surface area (Å²) >= 11 is 0. The molecule has 2 heterocycles. The van der Waals surface area contributed by atoms with E-state index >= 15 is 0 Å². The number of ether oxygens (including phenoxy) is 2. The van der Waals surface area contributed by atoms with Crippen LogP contribution >= 0.6 is 0 Å². The van der Waals surface area contributed by atoms with Gasteiger partial charge in [0.2, 0.25) is 0 Å². The third-order valence-electron chi connectivity index (χ3n) is 6.47. The van der Waals surface area contributed by atoms with Gasteiger partial charge in [-0.15, -0.1) is 0 Å². The van der Waals surface area contributed by atoms with Crippen LogP contribution < -0.4 is 9.47 Å². The number of rotatable bonds is 5. The van der Waals surface area contributed by atoms with Gasteiger partial charge < -0.3 is 14.4 Å². The van der Waals surface area contributed by atoms with Crippen LogP contribution in [0.3, 0.4) is 0 Å². The Morgan fingerprint density at radius 3 is 2.24 bits per heavy atom. The maximum absolute atomic E-state index is 14.0. The van der Waals surface area contributed by atoms with Crippen LogP contribution in [-0.4, -0.2) is 60.8 Å². The third-order valence-corrected chi connectivity index (χ3v) is 6.47. The zero-order valence-electron chi connectivity index (χ0n) is 19.6. The number of carbonyl (C=O) groups excluding carboxylic acids is 2. The van der Waals surface area contributed by atoms with E-state index in [-0.39, 0.29) is 25.0 Å². The van der Waals surface area contributed by atoms with Crippen molar-refractivity contribution in [1.29, 1.82) is 0 Å². The van der Waals surface area contributed by atoms with Crippen molar-refractivity contribution >= 4 is 17.5 Å². The van der Waals surface area contributed by atoms with Crippen LogP contribution in [-0.2, 0) is 4.79 Å². The summed E-state index contributed by atoms with van der Waals surface area (Å²) in [5, 5.41) is 6.18. The smallest absolute Gasteiger partial charge is 0.259 e. The highest BCUT2D eigenvalue weighted by molar-refractivity contribution is 6.19. The van der Waals surface area contributed by atoms with E-state index < -0.39 is 28.5 Å². The molecule has 2 aliphatic rings. The largest absolute Gasteiger partial charge is 0.493 e. The molecule has 2 amide bonds. The molecule has 1 fully saturated rings. The van der Waals surface area contributed by atoms with E-state index in [1.54, 1.807) is 26.4 Å². The summed E-state index contributed by atoms with van der Waals surface area (Å²) in [5.41, 5.74) is -0.0392. The number of likely N-dealkylation sites (tertiary alicyclic amines) is 1. The summed E-state index contributed by atoms with van der Waals surface area (Å²) in [6, 6.07) is 8.54. The Hall–Kier alpha value is -3.49. The Kier molecular flexibility index (Phi) is 6.29. The molecular weight excluding hydrogens is 444 g/mol. The quantitative estimate of drug-likeness (QED) is 0.664. The fraction of sp³-hybridized carbons (Fsp3) is 0.400. The molecule has 0 saturated carbocycles. The van der Waals surface area contributed by atoms with Crippen molar-refractivity contribution < 1.29 is 27.8 Å². The third kappa shape index (κ3) is 3.99. The average Bonchev–Trinajstić information content (AvgIpc) is 3.07. The lowest BCUT2D eigenvalue weighted by molar-refractivity contribution is -0.137. The van der Waals surface area contributed by atoms with Crippen molar-refractivity contribution in [3.63, 3.8) is 0 Å². The maximum atomic E-state index is 14.0. The number of amides is 2. The van der Waals surface area contributed by atoms with Gasteiger partial charge in [-0.1, -0.05) is 6.07 Å². The second-order valence-electron chi connectivity index (χ2n) is 8.91. The average molecular weight is 472 g/mol. The van der Waals surface area contributed by atoms with E-state index in [1.807, 2.05) is 19.9 Å². The number of halogens is 2. The van der Waals surface area contributed by atoms with E-state index in [2.05, 4.69) is 5.10 Å². The van der Waals surface area contributed by atoms with Gasteiger partial charge >= 0.3 is 0 Å². The minimum absolute atomic E-state index is 0.137. The Morgan fingerprint density at radius 2 is 1.65 bits per heavy atom. The molecule has 0 radical (unpaired) electrons. The first-order valence-electron chi connectivity index (χ1n) is 11.1. The molecule has 2 aromatic rings. The van der Waals surface area contributed by atoms with Crippen LogP contribution in [0.15, 0.2) is 41.5 Å². The number of carbonyl (C=O) groups is 2. The van der Waals surface area contributed by atoms with Crippen molar-refractivity contribution in [2.24, 2.45) is 10.5 Å². The Labute approximate surface area is 196 Å². The highest BCUT2D eigenvalue weighted by Gasteiger charge is 2.47. The first kappa shape index (κ1) is 23.7. The van der Waals surface area contributed by atoms with Crippen molar-refractivity contribution in [2.75, 3.05) is 27.3 Å². The second-order valence-corrected chi connectivity index (χ2v) is 8.91. The van der Waals surface area contributed by atoms with Gasteiger partial charge in [0.15, 0.2) is 11.5 Å². The fourth-order valence-electron chi connectivity index (χ4n) is 4.49. The normalized spacial score (nSPS) is 18.2. The SMILES string of the molecule is COc1ccc(C2=NN(C3CCN(C(=O)c4c(F)cccc4F)CC3)C(=O)C2(C)C)cc1OC. The topological polar surface area (TPSA) is 71.4 Å². The van der Waals surface area contributed by atoms with Crippen LogP contribution in [0.25, 0.3) is 0 Å². The first-order valence-corrected chi connectivity index (χ1v) is 11.1. The summed E-state index contributed by atoms with van der Waals surface area (Å²) < 4.78 is 38.8. The minimum Gasteiger partial charge on any atom is -0.493 e. The van der Waals surface area contributed by atoms with Gasteiger partial charge in [0.1, 0.15) is 17.2 Å². The van der Waals surface area contributed by atoms with Gasteiger partial charge in [-0.3, -0.25) is 9.59 Å². The summed E-state index contributed by atoms with van der Waals surface area (Å²) in [6.07, 6.45) is 0.901. The Balaban J connectivity index is 1.53. The van der Waals surface area contributed by atoms with Gasteiger partial charge in [-0.05, 0) is 57.0 Å². The van der Waals surface area contributed by atoms with E-state index in [4.69, 9.17) is 9.47 Å². The monoisotopic (exact) mass is 471 g/mol. The molecule has 4 rings (SSSR count). The standard InChI is InChI=1S/C25H27F2N3O4/c1-25(2)22(15-8-9-19(33-3)20(14-15)34-4)28-30(24(25)32)16-10-12-29(13-11-16)23(31)21-17(26)6-5-7-18(21)27/h5-9,14,16H,10-13H2,1-4H3. The lowest BCUT2D eigenvalue weighted by atomic mass is 9.83. The molecule has 0 unspecified atom stereocenters. The van der Waals surface area contributed by atoms with Crippen LogP contribution in [0, 0.1) is 17.0 Å². The summed E-state index contributed by atoms with van der Waals surface area (Å²) in [7, 11) is 3.10. The van der Waals surface area contributed by atoms with E-state index in [1.165, 1.54) is 16.0 Å². The fourth-order valence-corrected chi connectivity index (χ4v) is 4.49. The van der Waals surface area contributed by atoms with Crippen LogP contribution in [0.4, 0.5) is 8.78 Å². The van der Waals surface area contributed by atoms with Crippen molar-refractivity contribution in [1.82, 2.24) is 9.91 Å². The minimum atomic E-state index is -0.882. The van der Waals surface area contributed by atoms with Gasteiger partial charge in [0.25, 0.3) is 11.8 Å². The van der Waals surface area contributed by atoms with E-state index in [0.717, 1.165) is 17.7 Å². The zero-order valence-corrected chi connectivity index (χ0v) is 19.6. The lowest BCUT2D eigenvalue weighted by Crippen LogP contribution is -2.48. The van der Waals surface area contributed by atoms with Gasteiger partial charge in [-0.25, -0.2) is 13.8 Å². The molecule has 0 atom stereocenters. The van der Waals surface area contributed by atoms with Gasteiger partial charge in [-0.2, -0.15) is 5.10 Å². The number of piperidine rings is 1. The lowest BCUT2D eigenvalue weighted by Gasteiger charge is -2.35. The van der Waals surface area contributed by atoms with Crippen LogP contribution in [0.2, 0.25) is 0 Å². The molecule has 7 nitrogen and oxygen atoms in total. The summed E-state index contributed by atoms with van der Waals surface area (Å²) in [6.45, 7) is 4.18. The molecule has 180 valence electrons. The highest BCUT2D eigenvalue weighted by atomic mass is 19.1.